The van der Waals surface area contributed by atoms with Gasteiger partial charge in [0.1, 0.15) is 5.76 Å². The lowest BCUT2D eigenvalue weighted by Gasteiger charge is -2.14. The van der Waals surface area contributed by atoms with Gasteiger partial charge in [-0.25, -0.2) is 0 Å². The SMILES string of the molecule is CCC(NCCCc1ccccc1)c1ccco1. The van der Waals surface area contributed by atoms with E-state index in [4.69, 9.17) is 4.42 Å². The molecule has 2 rings (SSSR count). The average Bonchev–Trinajstić information content (AvgIpc) is 2.94. The van der Waals surface area contributed by atoms with E-state index in [1.807, 2.05) is 12.1 Å². The number of hydrogen-bond donors (Lipinski definition) is 1. The summed E-state index contributed by atoms with van der Waals surface area (Å²) in [7, 11) is 0. The van der Waals surface area contributed by atoms with Crippen LogP contribution in [0.25, 0.3) is 0 Å². The van der Waals surface area contributed by atoms with Crippen LogP contribution in [0.15, 0.2) is 53.1 Å². The van der Waals surface area contributed by atoms with E-state index in [1.54, 1.807) is 6.26 Å². The molecule has 0 spiro atoms. The smallest absolute Gasteiger partial charge is 0.120 e. The molecule has 1 aromatic carbocycles. The van der Waals surface area contributed by atoms with Gasteiger partial charge in [0.05, 0.1) is 12.3 Å². The lowest BCUT2D eigenvalue weighted by molar-refractivity contribution is 0.403. The van der Waals surface area contributed by atoms with Crippen molar-refractivity contribution in [2.75, 3.05) is 6.54 Å². The Kier molecular flexibility index (Phi) is 5.03. The number of aryl methyl sites for hydroxylation is 1. The van der Waals surface area contributed by atoms with Crippen LogP contribution < -0.4 is 5.32 Å². The van der Waals surface area contributed by atoms with Gasteiger partial charge in [-0.2, -0.15) is 0 Å². The Balaban J connectivity index is 1.71. The van der Waals surface area contributed by atoms with Crippen molar-refractivity contribution in [2.24, 2.45) is 0 Å². The molecule has 0 fully saturated rings. The first kappa shape index (κ1) is 12.9. The van der Waals surface area contributed by atoms with Crippen molar-refractivity contribution in [1.82, 2.24) is 5.32 Å². The third-order valence-electron chi connectivity index (χ3n) is 3.17. The van der Waals surface area contributed by atoms with Gasteiger partial charge in [0.25, 0.3) is 0 Å². The molecule has 1 aromatic heterocycles. The molecule has 0 saturated heterocycles. The van der Waals surface area contributed by atoms with Crippen LogP contribution >= 0.6 is 0 Å². The summed E-state index contributed by atoms with van der Waals surface area (Å²) < 4.78 is 5.44. The predicted molar refractivity (Wildman–Crippen MR) is 74.5 cm³/mol. The van der Waals surface area contributed by atoms with Crippen molar-refractivity contribution in [3.63, 3.8) is 0 Å². The van der Waals surface area contributed by atoms with Gasteiger partial charge in [0.15, 0.2) is 0 Å². The monoisotopic (exact) mass is 243 g/mol. The molecule has 1 N–H and O–H groups in total. The van der Waals surface area contributed by atoms with Gasteiger partial charge in [0.2, 0.25) is 0 Å². The van der Waals surface area contributed by atoms with Crippen molar-refractivity contribution in [2.45, 2.75) is 32.2 Å². The van der Waals surface area contributed by atoms with Gasteiger partial charge < -0.3 is 9.73 Å². The fourth-order valence-corrected chi connectivity index (χ4v) is 2.15. The number of furan rings is 1. The number of hydrogen-bond acceptors (Lipinski definition) is 2. The zero-order chi connectivity index (χ0) is 12.6. The van der Waals surface area contributed by atoms with Crippen molar-refractivity contribution >= 4 is 0 Å². The fraction of sp³-hybridized carbons (Fsp3) is 0.375. The zero-order valence-electron chi connectivity index (χ0n) is 10.9. The minimum Gasteiger partial charge on any atom is -0.468 e. The summed E-state index contributed by atoms with van der Waals surface area (Å²) >= 11 is 0. The highest BCUT2D eigenvalue weighted by Gasteiger charge is 2.10. The van der Waals surface area contributed by atoms with E-state index in [1.165, 1.54) is 5.56 Å². The summed E-state index contributed by atoms with van der Waals surface area (Å²) in [5.41, 5.74) is 1.41. The summed E-state index contributed by atoms with van der Waals surface area (Å²) in [4.78, 5) is 0. The van der Waals surface area contributed by atoms with E-state index in [9.17, 15) is 0 Å². The number of rotatable bonds is 7. The van der Waals surface area contributed by atoms with Crippen LogP contribution in [0.1, 0.15) is 37.1 Å². The molecule has 0 aliphatic carbocycles. The molecule has 2 aromatic rings. The Morgan fingerprint density at radius 1 is 1.11 bits per heavy atom. The topological polar surface area (TPSA) is 25.2 Å². The molecule has 0 aliphatic rings. The maximum Gasteiger partial charge on any atom is 0.120 e. The van der Waals surface area contributed by atoms with Crippen molar-refractivity contribution in [1.29, 1.82) is 0 Å². The standard InChI is InChI=1S/C16H21NO/c1-2-15(16-11-7-13-18-16)17-12-6-10-14-8-4-3-5-9-14/h3-5,7-9,11,13,15,17H,2,6,10,12H2,1H3. The second-order valence-corrected chi connectivity index (χ2v) is 4.52. The quantitative estimate of drug-likeness (QED) is 0.745. The van der Waals surface area contributed by atoms with E-state index in [0.717, 1.165) is 31.6 Å². The van der Waals surface area contributed by atoms with Crippen LogP contribution in [0.2, 0.25) is 0 Å². The molecule has 96 valence electrons. The maximum atomic E-state index is 5.44. The Labute approximate surface area is 109 Å². The second kappa shape index (κ2) is 7.02. The summed E-state index contributed by atoms with van der Waals surface area (Å²) in [5.74, 6) is 1.04. The highest BCUT2D eigenvalue weighted by Crippen LogP contribution is 2.16. The first-order valence-electron chi connectivity index (χ1n) is 6.71. The molecule has 0 saturated carbocycles. The zero-order valence-corrected chi connectivity index (χ0v) is 10.9. The van der Waals surface area contributed by atoms with Crippen molar-refractivity contribution in [3.05, 3.63) is 60.1 Å². The van der Waals surface area contributed by atoms with Crippen LogP contribution in [0.5, 0.6) is 0 Å². The van der Waals surface area contributed by atoms with E-state index in [2.05, 4.69) is 42.6 Å². The highest BCUT2D eigenvalue weighted by atomic mass is 16.3. The molecule has 1 atom stereocenters. The average molecular weight is 243 g/mol. The molecular weight excluding hydrogens is 222 g/mol. The molecular formula is C16H21NO. The Hall–Kier alpha value is -1.54. The third kappa shape index (κ3) is 3.74. The second-order valence-electron chi connectivity index (χ2n) is 4.52. The van der Waals surface area contributed by atoms with Crippen LogP contribution in [0.4, 0.5) is 0 Å². The lowest BCUT2D eigenvalue weighted by atomic mass is 10.1. The fourth-order valence-electron chi connectivity index (χ4n) is 2.15. The summed E-state index contributed by atoms with van der Waals surface area (Å²) in [6, 6.07) is 15.0. The van der Waals surface area contributed by atoms with Gasteiger partial charge in [-0.3, -0.25) is 0 Å². The number of benzene rings is 1. The largest absolute Gasteiger partial charge is 0.468 e. The van der Waals surface area contributed by atoms with Gasteiger partial charge in [-0.05, 0) is 43.5 Å². The molecule has 18 heavy (non-hydrogen) atoms. The first-order chi connectivity index (χ1) is 8.90. The Morgan fingerprint density at radius 2 is 1.94 bits per heavy atom. The molecule has 0 amide bonds. The summed E-state index contributed by atoms with van der Waals surface area (Å²) in [6.07, 6.45) is 5.08. The molecule has 2 nitrogen and oxygen atoms in total. The molecule has 2 heteroatoms. The van der Waals surface area contributed by atoms with Crippen molar-refractivity contribution in [3.8, 4) is 0 Å². The molecule has 1 unspecified atom stereocenters. The van der Waals surface area contributed by atoms with E-state index >= 15 is 0 Å². The minimum absolute atomic E-state index is 0.343. The Bertz CT molecular complexity index is 422. The van der Waals surface area contributed by atoms with Crippen LogP contribution in [0.3, 0.4) is 0 Å². The predicted octanol–water partition coefficient (Wildman–Crippen LogP) is 3.95. The number of nitrogens with one attached hydrogen (secondary N) is 1. The third-order valence-corrected chi connectivity index (χ3v) is 3.17. The normalized spacial score (nSPS) is 12.5. The van der Waals surface area contributed by atoms with Crippen LogP contribution in [0, 0.1) is 0 Å². The lowest BCUT2D eigenvalue weighted by Crippen LogP contribution is -2.21. The maximum absolute atomic E-state index is 5.44. The van der Waals surface area contributed by atoms with Gasteiger partial charge >= 0.3 is 0 Å². The van der Waals surface area contributed by atoms with Gasteiger partial charge in [0, 0.05) is 0 Å². The van der Waals surface area contributed by atoms with E-state index < -0.39 is 0 Å². The summed E-state index contributed by atoms with van der Waals surface area (Å²) in [5, 5.41) is 3.55. The molecule has 1 heterocycles. The van der Waals surface area contributed by atoms with Crippen LogP contribution in [-0.2, 0) is 6.42 Å². The minimum atomic E-state index is 0.343. The first-order valence-corrected chi connectivity index (χ1v) is 6.71. The summed E-state index contributed by atoms with van der Waals surface area (Å²) in [6.45, 7) is 3.20. The molecule has 0 bridgehead atoms. The molecule has 0 aliphatic heterocycles. The highest BCUT2D eigenvalue weighted by molar-refractivity contribution is 5.14. The van der Waals surface area contributed by atoms with Gasteiger partial charge in [-0.1, -0.05) is 37.3 Å². The molecule has 0 radical (unpaired) electrons. The Morgan fingerprint density at radius 3 is 2.61 bits per heavy atom. The van der Waals surface area contributed by atoms with E-state index in [-0.39, 0.29) is 0 Å². The van der Waals surface area contributed by atoms with Crippen LogP contribution in [-0.4, -0.2) is 6.54 Å². The van der Waals surface area contributed by atoms with E-state index in [0.29, 0.717) is 6.04 Å². The van der Waals surface area contributed by atoms with Crippen molar-refractivity contribution < 1.29 is 4.42 Å². The van der Waals surface area contributed by atoms with Gasteiger partial charge in [-0.15, -0.1) is 0 Å².